The van der Waals surface area contributed by atoms with Gasteiger partial charge in [0.1, 0.15) is 0 Å². The van der Waals surface area contributed by atoms with Crippen LogP contribution in [0.5, 0.6) is 0 Å². The first-order valence-corrected chi connectivity index (χ1v) is 8.62. The molecule has 0 bridgehead atoms. The van der Waals surface area contributed by atoms with Gasteiger partial charge in [0, 0.05) is 17.1 Å². The van der Waals surface area contributed by atoms with Crippen molar-refractivity contribution in [3.05, 3.63) is 27.7 Å². The van der Waals surface area contributed by atoms with Crippen molar-refractivity contribution in [2.75, 3.05) is 6.54 Å². The van der Waals surface area contributed by atoms with E-state index in [1.807, 2.05) is 13.0 Å². The summed E-state index contributed by atoms with van der Waals surface area (Å²) in [7, 11) is -3.50. The van der Waals surface area contributed by atoms with Crippen LogP contribution < -0.4 is 10.5 Å². The van der Waals surface area contributed by atoms with E-state index in [1.165, 1.54) is 0 Å². The Kier molecular flexibility index (Phi) is 4.35. The number of halogens is 1. The molecular formula is C13H19BrN2O2S. The highest BCUT2D eigenvalue weighted by atomic mass is 79.9. The molecule has 0 radical (unpaired) electrons. The monoisotopic (exact) mass is 346 g/mol. The fraction of sp³-hybridized carbons (Fsp3) is 0.538. The molecule has 1 aliphatic carbocycles. The minimum Gasteiger partial charge on any atom is -0.329 e. The normalized spacial score (nSPS) is 17.5. The van der Waals surface area contributed by atoms with Crippen LogP contribution in [0.4, 0.5) is 0 Å². The molecule has 0 heterocycles. The zero-order valence-electron chi connectivity index (χ0n) is 11.1. The molecule has 1 aromatic rings. The van der Waals surface area contributed by atoms with E-state index >= 15 is 0 Å². The fourth-order valence-corrected chi connectivity index (χ4v) is 4.23. The SMILES string of the molecule is Cc1cc(S(=O)(=O)NC(CN)C2CC2)c(C)cc1Br. The van der Waals surface area contributed by atoms with Gasteiger partial charge in [-0.15, -0.1) is 0 Å². The van der Waals surface area contributed by atoms with E-state index in [4.69, 9.17) is 5.73 Å². The van der Waals surface area contributed by atoms with Crippen LogP contribution in [0.1, 0.15) is 24.0 Å². The second-order valence-corrected chi connectivity index (χ2v) is 7.70. The molecule has 6 heteroatoms. The van der Waals surface area contributed by atoms with E-state index in [-0.39, 0.29) is 6.04 Å². The van der Waals surface area contributed by atoms with Gasteiger partial charge in [-0.3, -0.25) is 0 Å². The average Bonchev–Trinajstić information content (AvgIpc) is 3.14. The van der Waals surface area contributed by atoms with Crippen molar-refractivity contribution in [3.63, 3.8) is 0 Å². The predicted molar refractivity (Wildman–Crippen MR) is 79.5 cm³/mol. The third-order valence-corrected chi connectivity index (χ3v) is 5.98. The number of aryl methyl sites for hydroxylation is 2. The smallest absolute Gasteiger partial charge is 0.241 e. The van der Waals surface area contributed by atoms with E-state index in [0.717, 1.165) is 28.4 Å². The summed E-state index contributed by atoms with van der Waals surface area (Å²) in [5, 5.41) is 0. The summed E-state index contributed by atoms with van der Waals surface area (Å²) in [6.45, 7) is 4.02. The van der Waals surface area contributed by atoms with E-state index in [0.29, 0.717) is 17.4 Å². The highest BCUT2D eigenvalue weighted by molar-refractivity contribution is 9.10. The number of sulfonamides is 1. The van der Waals surface area contributed by atoms with Gasteiger partial charge in [0.05, 0.1) is 4.90 Å². The molecular weight excluding hydrogens is 328 g/mol. The number of nitrogens with one attached hydrogen (secondary N) is 1. The molecule has 106 valence electrons. The molecule has 1 aliphatic rings. The lowest BCUT2D eigenvalue weighted by molar-refractivity contribution is 0.519. The highest BCUT2D eigenvalue weighted by Crippen LogP contribution is 2.33. The second kappa shape index (κ2) is 5.52. The van der Waals surface area contributed by atoms with Crippen LogP contribution in [0.15, 0.2) is 21.5 Å². The van der Waals surface area contributed by atoms with Gasteiger partial charge < -0.3 is 5.73 Å². The van der Waals surface area contributed by atoms with Gasteiger partial charge in [-0.1, -0.05) is 15.9 Å². The van der Waals surface area contributed by atoms with Crippen LogP contribution >= 0.6 is 15.9 Å². The van der Waals surface area contributed by atoms with Crippen molar-refractivity contribution < 1.29 is 8.42 Å². The first kappa shape index (κ1) is 15.0. The molecule has 1 aromatic carbocycles. The number of nitrogens with two attached hydrogens (primary N) is 1. The van der Waals surface area contributed by atoms with Crippen LogP contribution in [0.2, 0.25) is 0 Å². The van der Waals surface area contributed by atoms with E-state index in [1.54, 1.807) is 13.0 Å². The van der Waals surface area contributed by atoms with Crippen molar-refractivity contribution in [2.45, 2.75) is 37.6 Å². The van der Waals surface area contributed by atoms with Crippen LogP contribution in [-0.4, -0.2) is 21.0 Å². The van der Waals surface area contributed by atoms with Gasteiger partial charge >= 0.3 is 0 Å². The maximum Gasteiger partial charge on any atom is 0.241 e. The van der Waals surface area contributed by atoms with Crippen LogP contribution in [0.25, 0.3) is 0 Å². The number of hydrogen-bond acceptors (Lipinski definition) is 3. The van der Waals surface area contributed by atoms with Gasteiger partial charge in [0.2, 0.25) is 10.0 Å². The second-order valence-electron chi connectivity index (χ2n) is 5.17. The molecule has 1 fully saturated rings. The minimum absolute atomic E-state index is 0.145. The summed E-state index contributed by atoms with van der Waals surface area (Å²) in [5.74, 6) is 0.400. The zero-order valence-corrected chi connectivity index (χ0v) is 13.5. The van der Waals surface area contributed by atoms with Crippen molar-refractivity contribution in [1.82, 2.24) is 4.72 Å². The summed E-state index contributed by atoms with van der Waals surface area (Å²) in [4.78, 5) is 0.340. The predicted octanol–water partition coefficient (Wildman–Crippen LogP) is 2.08. The molecule has 0 aliphatic heterocycles. The largest absolute Gasteiger partial charge is 0.329 e. The van der Waals surface area contributed by atoms with Crippen LogP contribution in [0.3, 0.4) is 0 Å². The topological polar surface area (TPSA) is 72.2 Å². The van der Waals surface area contributed by atoms with E-state index in [2.05, 4.69) is 20.7 Å². The third-order valence-electron chi connectivity index (χ3n) is 3.50. The first-order valence-electron chi connectivity index (χ1n) is 6.34. The molecule has 2 rings (SSSR count). The van der Waals surface area contributed by atoms with Gasteiger partial charge in [0.15, 0.2) is 0 Å². The molecule has 0 amide bonds. The quantitative estimate of drug-likeness (QED) is 0.857. The Morgan fingerprint density at radius 2 is 2.00 bits per heavy atom. The summed E-state index contributed by atoms with van der Waals surface area (Å²) in [6, 6.07) is 3.38. The maximum atomic E-state index is 12.4. The lowest BCUT2D eigenvalue weighted by Gasteiger charge is -2.18. The third kappa shape index (κ3) is 3.37. The Hall–Kier alpha value is -0.430. The van der Waals surface area contributed by atoms with Crippen LogP contribution in [-0.2, 0) is 10.0 Å². The standard InChI is InChI=1S/C13H19BrN2O2S/c1-8-6-13(9(2)5-11(8)14)19(17,18)16-12(7-15)10-3-4-10/h5-6,10,12,16H,3-4,7,15H2,1-2H3. The Labute approximate surface area is 122 Å². The maximum absolute atomic E-state index is 12.4. The fourth-order valence-electron chi connectivity index (χ4n) is 2.14. The first-order chi connectivity index (χ1) is 8.85. The molecule has 19 heavy (non-hydrogen) atoms. The van der Waals surface area contributed by atoms with Crippen molar-refractivity contribution in [1.29, 1.82) is 0 Å². The van der Waals surface area contributed by atoms with E-state index < -0.39 is 10.0 Å². The molecule has 1 unspecified atom stereocenters. The molecule has 4 nitrogen and oxygen atoms in total. The number of rotatable bonds is 5. The van der Waals surface area contributed by atoms with Crippen LogP contribution in [0, 0.1) is 19.8 Å². The van der Waals surface area contributed by atoms with Crippen molar-refractivity contribution in [2.24, 2.45) is 11.7 Å². The molecule has 3 N–H and O–H groups in total. The number of hydrogen-bond donors (Lipinski definition) is 2. The van der Waals surface area contributed by atoms with Crippen molar-refractivity contribution >= 4 is 26.0 Å². The van der Waals surface area contributed by atoms with Gasteiger partial charge in [-0.25, -0.2) is 13.1 Å². The average molecular weight is 347 g/mol. The molecule has 1 saturated carbocycles. The molecule has 0 spiro atoms. The van der Waals surface area contributed by atoms with Gasteiger partial charge in [0.25, 0.3) is 0 Å². The Morgan fingerprint density at radius 1 is 1.37 bits per heavy atom. The Balaban J connectivity index is 2.31. The summed E-state index contributed by atoms with van der Waals surface area (Å²) in [6.07, 6.45) is 2.12. The summed E-state index contributed by atoms with van der Waals surface area (Å²) in [5.41, 5.74) is 7.29. The molecule has 0 saturated heterocycles. The Bertz CT molecular complexity index is 583. The summed E-state index contributed by atoms with van der Waals surface area (Å²) < 4.78 is 28.5. The van der Waals surface area contributed by atoms with Crippen molar-refractivity contribution in [3.8, 4) is 0 Å². The lowest BCUT2D eigenvalue weighted by Crippen LogP contribution is -2.41. The van der Waals surface area contributed by atoms with Gasteiger partial charge in [-0.2, -0.15) is 0 Å². The van der Waals surface area contributed by atoms with E-state index in [9.17, 15) is 8.42 Å². The minimum atomic E-state index is -3.50. The summed E-state index contributed by atoms with van der Waals surface area (Å²) >= 11 is 3.41. The lowest BCUT2D eigenvalue weighted by atomic mass is 10.2. The zero-order chi connectivity index (χ0) is 14.2. The molecule has 0 aromatic heterocycles. The number of benzene rings is 1. The van der Waals surface area contributed by atoms with Gasteiger partial charge in [-0.05, 0) is 55.9 Å². The highest BCUT2D eigenvalue weighted by Gasteiger charge is 2.33. The molecule has 1 atom stereocenters. The Morgan fingerprint density at radius 3 is 2.53 bits per heavy atom.